The average molecular weight is 232 g/mol. The molecule has 15 heavy (non-hydrogen) atoms. The summed E-state index contributed by atoms with van der Waals surface area (Å²) in [6.45, 7) is 4.16. The Kier molecular flexibility index (Phi) is 6.07. The van der Waals surface area contributed by atoms with E-state index in [9.17, 15) is 4.79 Å². The van der Waals surface area contributed by atoms with Gasteiger partial charge in [-0.2, -0.15) is 0 Å². The van der Waals surface area contributed by atoms with Gasteiger partial charge in [0.15, 0.2) is 0 Å². The Labute approximate surface area is 98.0 Å². The second kappa shape index (κ2) is 7.10. The van der Waals surface area contributed by atoms with E-state index < -0.39 is 0 Å². The fourth-order valence-electron chi connectivity index (χ4n) is 2.26. The summed E-state index contributed by atoms with van der Waals surface area (Å²) in [4.78, 5) is 13.7. The molecule has 0 aromatic rings. The molecule has 1 amide bonds. The number of alkyl halides is 1. The third-order valence-electron chi connectivity index (χ3n) is 3.19. The molecule has 0 unspecified atom stereocenters. The van der Waals surface area contributed by atoms with Gasteiger partial charge in [-0.3, -0.25) is 4.79 Å². The highest BCUT2D eigenvalue weighted by Gasteiger charge is 2.21. The zero-order valence-electron chi connectivity index (χ0n) is 9.67. The Balaban J connectivity index is 2.21. The van der Waals surface area contributed by atoms with Crippen molar-refractivity contribution in [2.75, 3.05) is 19.0 Å². The van der Waals surface area contributed by atoms with E-state index in [1.807, 2.05) is 4.90 Å². The third kappa shape index (κ3) is 4.42. The molecule has 0 aromatic carbocycles. The first-order valence-electron chi connectivity index (χ1n) is 6.11. The molecule has 0 radical (unpaired) electrons. The quantitative estimate of drug-likeness (QED) is 0.666. The van der Waals surface area contributed by atoms with Crippen LogP contribution in [0.1, 0.15) is 45.4 Å². The molecule has 1 saturated heterocycles. The van der Waals surface area contributed by atoms with Crippen LogP contribution in [0.4, 0.5) is 0 Å². The number of carbonyl (C=O) groups is 1. The van der Waals surface area contributed by atoms with Crippen molar-refractivity contribution >= 4 is 17.5 Å². The first-order chi connectivity index (χ1) is 7.27. The molecular formula is C12H22ClNO. The highest BCUT2D eigenvalue weighted by Crippen LogP contribution is 2.22. The van der Waals surface area contributed by atoms with Gasteiger partial charge in [0.1, 0.15) is 0 Å². The van der Waals surface area contributed by atoms with Crippen LogP contribution in [-0.2, 0) is 4.79 Å². The van der Waals surface area contributed by atoms with Crippen LogP contribution in [0.3, 0.4) is 0 Å². The summed E-state index contributed by atoms with van der Waals surface area (Å²) < 4.78 is 0. The first-order valence-corrected chi connectivity index (χ1v) is 6.65. The van der Waals surface area contributed by atoms with E-state index in [0.29, 0.717) is 18.2 Å². The molecule has 0 atom stereocenters. The van der Waals surface area contributed by atoms with Crippen molar-refractivity contribution in [1.82, 2.24) is 4.90 Å². The molecule has 1 aliphatic heterocycles. The lowest BCUT2D eigenvalue weighted by molar-refractivity contribution is -0.132. The molecule has 88 valence electrons. The Morgan fingerprint density at radius 2 is 2.07 bits per heavy atom. The summed E-state index contributed by atoms with van der Waals surface area (Å²) in [6, 6.07) is 0. The number of hydrogen-bond donors (Lipinski definition) is 0. The molecule has 0 N–H and O–H groups in total. The molecule has 0 aromatic heterocycles. The summed E-state index contributed by atoms with van der Waals surface area (Å²) in [5, 5.41) is 0. The van der Waals surface area contributed by atoms with Crippen molar-refractivity contribution in [1.29, 1.82) is 0 Å². The van der Waals surface area contributed by atoms with Crippen molar-refractivity contribution in [2.24, 2.45) is 5.92 Å². The lowest BCUT2D eigenvalue weighted by Gasteiger charge is -2.32. The molecule has 0 aliphatic carbocycles. The number of carbonyl (C=O) groups excluding carboxylic acids is 1. The number of amides is 1. The minimum absolute atomic E-state index is 0.297. The predicted molar refractivity (Wildman–Crippen MR) is 64.2 cm³/mol. The van der Waals surface area contributed by atoms with Crippen LogP contribution < -0.4 is 0 Å². The van der Waals surface area contributed by atoms with E-state index in [2.05, 4.69) is 6.92 Å². The van der Waals surface area contributed by atoms with Gasteiger partial charge < -0.3 is 4.90 Å². The van der Waals surface area contributed by atoms with E-state index >= 15 is 0 Å². The Hall–Kier alpha value is -0.240. The molecule has 0 spiro atoms. The normalized spacial score (nSPS) is 18.1. The number of piperidine rings is 1. The average Bonchev–Trinajstić information content (AvgIpc) is 2.27. The molecular weight excluding hydrogens is 210 g/mol. The molecule has 0 saturated carbocycles. The van der Waals surface area contributed by atoms with E-state index in [1.165, 1.54) is 25.7 Å². The summed E-state index contributed by atoms with van der Waals surface area (Å²) in [5.74, 6) is 1.75. The maximum atomic E-state index is 11.7. The highest BCUT2D eigenvalue weighted by atomic mass is 35.5. The van der Waals surface area contributed by atoms with Crippen LogP contribution in [0.5, 0.6) is 0 Å². The fraction of sp³-hybridized carbons (Fsp3) is 0.917. The topological polar surface area (TPSA) is 20.3 Å². The van der Waals surface area contributed by atoms with Gasteiger partial charge in [-0.15, -0.1) is 11.6 Å². The van der Waals surface area contributed by atoms with Gasteiger partial charge in [0.05, 0.1) is 0 Å². The number of hydrogen-bond acceptors (Lipinski definition) is 1. The standard InChI is InChI=1S/C12H22ClNO/c1-2-4-11-6-9-14(10-7-11)12(15)5-3-8-13/h11H,2-10H2,1H3. The minimum Gasteiger partial charge on any atom is -0.343 e. The largest absolute Gasteiger partial charge is 0.343 e. The van der Waals surface area contributed by atoms with Crippen LogP contribution in [0, 0.1) is 5.92 Å². The third-order valence-corrected chi connectivity index (χ3v) is 3.46. The maximum Gasteiger partial charge on any atom is 0.222 e. The summed E-state index contributed by atoms with van der Waals surface area (Å²) in [5.41, 5.74) is 0. The van der Waals surface area contributed by atoms with Crippen molar-refractivity contribution in [3.05, 3.63) is 0 Å². The Morgan fingerprint density at radius 1 is 1.40 bits per heavy atom. The predicted octanol–water partition coefficient (Wildman–Crippen LogP) is 3.04. The van der Waals surface area contributed by atoms with Crippen LogP contribution in [0.25, 0.3) is 0 Å². The van der Waals surface area contributed by atoms with Crippen LogP contribution in [-0.4, -0.2) is 29.8 Å². The second-order valence-electron chi connectivity index (χ2n) is 4.41. The second-order valence-corrected chi connectivity index (χ2v) is 4.78. The van der Waals surface area contributed by atoms with E-state index in [0.717, 1.165) is 25.4 Å². The molecule has 1 rings (SSSR count). The Morgan fingerprint density at radius 3 is 2.60 bits per heavy atom. The molecule has 1 fully saturated rings. The fourth-order valence-corrected chi connectivity index (χ4v) is 2.39. The highest BCUT2D eigenvalue weighted by molar-refractivity contribution is 6.17. The summed E-state index contributed by atoms with van der Waals surface area (Å²) in [6.07, 6.45) is 6.42. The van der Waals surface area contributed by atoms with Gasteiger partial charge in [0, 0.05) is 25.4 Å². The van der Waals surface area contributed by atoms with Gasteiger partial charge >= 0.3 is 0 Å². The monoisotopic (exact) mass is 231 g/mol. The maximum absolute atomic E-state index is 11.7. The SMILES string of the molecule is CCCC1CCN(C(=O)CCCCl)CC1. The number of nitrogens with zero attached hydrogens (tertiary/aromatic N) is 1. The van der Waals surface area contributed by atoms with Gasteiger partial charge in [-0.25, -0.2) is 0 Å². The lowest BCUT2D eigenvalue weighted by atomic mass is 9.92. The van der Waals surface area contributed by atoms with Gasteiger partial charge in [0.25, 0.3) is 0 Å². The summed E-state index contributed by atoms with van der Waals surface area (Å²) >= 11 is 5.58. The molecule has 1 aliphatic rings. The first kappa shape index (κ1) is 12.8. The number of halogens is 1. The van der Waals surface area contributed by atoms with Gasteiger partial charge in [0.2, 0.25) is 5.91 Å². The zero-order chi connectivity index (χ0) is 11.1. The number of likely N-dealkylation sites (tertiary alicyclic amines) is 1. The molecule has 3 heteroatoms. The Bertz CT molecular complexity index is 188. The molecule has 2 nitrogen and oxygen atoms in total. The van der Waals surface area contributed by atoms with Crippen molar-refractivity contribution in [2.45, 2.75) is 45.4 Å². The van der Waals surface area contributed by atoms with E-state index in [-0.39, 0.29) is 0 Å². The van der Waals surface area contributed by atoms with Crippen LogP contribution in [0.2, 0.25) is 0 Å². The van der Waals surface area contributed by atoms with Crippen LogP contribution >= 0.6 is 11.6 Å². The zero-order valence-corrected chi connectivity index (χ0v) is 10.4. The van der Waals surface area contributed by atoms with E-state index in [1.54, 1.807) is 0 Å². The van der Waals surface area contributed by atoms with Crippen LogP contribution in [0.15, 0.2) is 0 Å². The molecule has 0 bridgehead atoms. The van der Waals surface area contributed by atoms with Crippen molar-refractivity contribution in [3.63, 3.8) is 0 Å². The van der Waals surface area contributed by atoms with E-state index in [4.69, 9.17) is 11.6 Å². The van der Waals surface area contributed by atoms with Gasteiger partial charge in [-0.05, 0) is 25.2 Å². The van der Waals surface area contributed by atoms with Gasteiger partial charge in [-0.1, -0.05) is 19.8 Å². The number of rotatable bonds is 5. The minimum atomic E-state index is 0.297. The lowest BCUT2D eigenvalue weighted by Crippen LogP contribution is -2.38. The summed E-state index contributed by atoms with van der Waals surface area (Å²) in [7, 11) is 0. The smallest absolute Gasteiger partial charge is 0.222 e. The van der Waals surface area contributed by atoms with Crippen molar-refractivity contribution < 1.29 is 4.79 Å². The molecule has 1 heterocycles. The van der Waals surface area contributed by atoms with Crippen molar-refractivity contribution in [3.8, 4) is 0 Å².